The fourth-order valence-corrected chi connectivity index (χ4v) is 2.18. The van der Waals surface area contributed by atoms with Crippen molar-refractivity contribution >= 4 is 23.0 Å². The highest BCUT2D eigenvalue weighted by molar-refractivity contribution is 5.89. The van der Waals surface area contributed by atoms with Gasteiger partial charge in [0.25, 0.3) is 0 Å². The number of fused-ring (bicyclic) bond motifs is 1. The zero-order valence-electron chi connectivity index (χ0n) is 13.3. The van der Waals surface area contributed by atoms with E-state index < -0.39 is 0 Å². The number of unbranched alkanes of at least 4 members (excludes halogenated alkanes) is 2. The summed E-state index contributed by atoms with van der Waals surface area (Å²) in [6, 6.07) is 3.18. The van der Waals surface area contributed by atoms with Gasteiger partial charge >= 0.3 is 6.03 Å². The Labute approximate surface area is 138 Å². The Morgan fingerprint density at radius 2 is 2.12 bits per heavy atom. The molecule has 3 aromatic rings. The number of amides is 2. The molecule has 3 heterocycles. The van der Waals surface area contributed by atoms with Crippen molar-refractivity contribution in [3.8, 4) is 11.3 Å². The number of anilines is 1. The van der Waals surface area contributed by atoms with Gasteiger partial charge in [0.1, 0.15) is 17.6 Å². The Balaban J connectivity index is 1.71. The van der Waals surface area contributed by atoms with Crippen LogP contribution in [0.5, 0.6) is 0 Å². The predicted octanol–water partition coefficient (Wildman–Crippen LogP) is 2.99. The van der Waals surface area contributed by atoms with Gasteiger partial charge in [0, 0.05) is 6.54 Å². The summed E-state index contributed by atoms with van der Waals surface area (Å²) in [6.07, 6.45) is 7.84. The molecular formula is C16H18N6O2. The molecule has 0 aliphatic heterocycles. The fourth-order valence-electron chi connectivity index (χ4n) is 2.18. The minimum atomic E-state index is -0.277. The lowest BCUT2D eigenvalue weighted by Crippen LogP contribution is -2.29. The number of nitrogens with zero attached hydrogens (tertiary/aromatic N) is 4. The smallest absolute Gasteiger partial charge is 0.320 e. The quantitative estimate of drug-likeness (QED) is 0.675. The lowest BCUT2D eigenvalue weighted by molar-refractivity contribution is 0.252. The van der Waals surface area contributed by atoms with Gasteiger partial charge in [0.2, 0.25) is 0 Å². The first-order valence-electron chi connectivity index (χ1n) is 7.84. The van der Waals surface area contributed by atoms with Crippen LogP contribution in [-0.2, 0) is 0 Å². The number of hydrogen-bond acceptors (Lipinski definition) is 6. The minimum Gasteiger partial charge on any atom is -0.364 e. The van der Waals surface area contributed by atoms with Crippen molar-refractivity contribution in [1.82, 2.24) is 25.4 Å². The second-order valence-corrected chi connectivity index (χ2v) is 5.30. The van der Waals surface area contributed by atoms with Crippen molar-refractivity contribution in [1.29, 1.82) is 0 Å². The van der Waals surface area contributed by atoms with E-state index in [1.54, 1.807) is 24.5 Å². The second kappa shape index (κ2) is 7.49. The second-order valence-electron chi connectivity index (χ2n) is 5.30. The van der Waals surface area contributed by atoms with Crippen molar-refractivity contribution in [2.75, 3.05) is 11.9 Å². The molecule has 0 unspecified atom stereocenters. The topological polar surface area (TPSA) is 106 Å². The van der Waals surface area contributed by atoms with Gasteiger partial charge in [0.15, 0.2) is 5.65 Å². The summed E-state index contributed by atoms with van der Waals surface area (Å²) in [5.41, 5.74) is 2.41. The monoisotopic (exact) mass is 326 g/mol. The first-order chi connectivity index (χ1) is 11.8. The highest BCUT2D eigenvalue weighted by Crippen LogP contribution is 2.18. The SMILES string of the molecule is CCCCCNC(=O)Nc1ccc2ncc(-c3cnoc3)nc2n1. The lowest BCUT2D eigenvalue weighted by atomic mass is 10.2. The number of carbonyl (C=O) groups excluding carboxylic acids is 1. The third kappa shape index (κ3) is 3.83. The van der Waals surface area contributed by atoms with E-state index in [2.05, 4.69) is 37.7 Å². The van der Waals surface area contributed by atoms with E-state index in [1.165, 1.54) is 6.26 Å². The molecule has 0 aliphatic rings. The molecule has 0 aliphatic carbocycles. The van der Waals surface area contributed by atoms with Gasteiger partial charge in [-0.25, -0.2) is 14.8 Å². The molecule has 0 atom stereocenters. The number of rotatable bonds is 6. The molecule has 8 heteroatoms. The maximum Gasteiger partial charge on any atom is 0.320 e. The van der Waals surface area contributed by atoms with Crippen LogP contribution in [0.25, 0.3) is 22.4 Å². The molecule has 0 saturated heterocycles. The Morgan fingerprint density at radius 3 is 2.92 bits per heavy atom. The average molecular weight is 326 g/mol. The van der Waals surface area contributed by atoms with Crippen LogP contribution >= 0.6 is 0 Å². The number of pyridine rings is 1. The van der Waals surface area contributed by atoms with E-state index in [-0.39, 0.29) is 6.03 Å². The van der Waals surface area contributed by atoms with Crippen molar-refractivity contribution in [2.24, 2.45) is 0 Å². The zero-order valence-corrected chi connectivity index (χ0v) is 13.3. The van der Waals surface area contributed by atoms with Gasteiger partial charge < -0.3 is 9.84 Å². The van der Waals surface area contributed by atoms with Crippen LogP contribution in [0.15, 0.2) is 35.3 Å². The van der Waals surface area contributed by atoms with Gasteiger partial charge in [0.05, 0.1) is 23.7 Å². The molecule has 0 spiro atoms. The minimum absolute atomic E-state index is 0.277. The Bertz CT molecular complexity index is 819. The molecule has 3 rings (SSSR count). The molecule has 0 bridgehead atoms. The summed E-state index contributed by atoms with van der Waals surface area (Å²) in [7, 11) is 0. The van der Waals surface area contributed by atoms with Gasteiger partial charge in [-0.2, -0.15) is 0 Å². The average Bonchev–Trinajstić information content (AvgIpc) is 3.13. The summed E-state index contributed by atoms with van der Waals surface area (Å²) in [5.74, 6) is 0.423. The molecule has 124 valence electrons. The summed E-state index contributed by atoms with van der Waals surface area (Å²) < 4.78 is 4.81. The molecule has 8 nitrogen and oxygen atoms in total. The summed E-state index contributed by atoms with van der Waals surface area (Å²) in [6.45, 7) is 2.76. The van der Waals surface area contributed by atoms with E-state index in [0.717, 1.165) is 24.8 Å². The Kier molecular flexibility index (Phi) is 4.95. The number of aromatic nitrogens is 4. The van der Waals surface area contributed by atoms with Crippen LogP contribution in [0.2, 0.25) is 0 Å². The zero-order chi connectivity index (χ0) is 16.8. The maximum atomic E-state index is 11.8. The molecule has 2 amide bonds. The molecule has 0 fully saturated rings. The van der Waals surface area contributed by atoms with Crippen LogP contribution < -0.4 is 10.6 Å². The van der Waals surface area contributed by atoms with Crippen LogP contribution in [0.4, 0.5) is 10.6 Å². The number of carbonyl (C=O) groups is 1. The molecule has 0 saturated carbocycles. The molecule has 2 N–H and O–H groups in total. The van der Waals surface area contributed by atoms with Gasteiger partial charge in [-0.1, -0.05) is 24.9 Å². The van der Waals surface area contributed by atoms with E-state index in [0.29, 0.717) is 29.2 Å². The normalized spacial score (nSPS) is 10.7. The number of nitrogens with one attached hydrogen (secondary N) is 2. The largest absolute Gasteiger partial charge is 0.364 e. The molecule has 0 radical (unpaired) electrons. The first kappa shape index (κ1) is 15.9. The predicted molar refractivity (Wildman–Crippen MR) is 89.4 cm³/mol. The lowest BCUT2D eigenvalue weighted by Gasteiger charge is -2.07. The maximum absolute atomic E-state index is 11.8. The highest BCUT2D eigenvalue weighted by Gasteiger charge is 2.08. The van der Waals surface area contributed by atoms with E-state index in [4.69, 9.17) is 4.52 Å². The van der Waals surface area contributed by atoms with E-state index in [1.807, 2.05) is 0 Å². The third-order valence-corrected chi connectivity index (χ3v) is 3.44. The summed E-state index contributed by atoms with van der Waals surface area (Å²) in [4.78, 5) is 24.9. The standard InChI is InChI=1S/C16H18N6O2/c1-2-3-4-7-17-16(23)22-14-6-5-12-15(21-14)20-13(9-18-12)11-8-19-24-10-11/h5-6,8-10H,2-4,7H2,1H3,(H2,17,20,21,22,23). The van der Waals surface area contributed by atoms with Crippen LogP contribution in [-0.4, -0.2) is 32.7 Å². The Hall–Kier alpha value is -3.03. The summed E-state index contributed by atoms with van der Waals surface area (Å²) >= 11 is 0. The van der Waals surface area contributed by atoms with Crippen molar-refractivity contribution < 1.29 is 9.32 Å². The van der Waals surface area contributed by atoms with Crippen LogP contribution in [0.3, 0.4) is 0 Å². The first-order valence-corrected chi connectivity index (χ1v) is 7.84. The van der Waals surface area contributed by atoms with Gasteiger partial charge in [-0.05, 0) is 18.6 Å². The number of hydrogen-bond donors (Lipinski definition) is 2. The van der Waals surface area contributed by atoms with Crippen molar-refractivity contribution in [2.45, 2.75) is 26.2 Å². The molecule has 3 aromatic heterocycles. The Morgan fingerprint density at radius 1 is 1.21 bits per heavy atom. The summed E-state index contributed by atoms with van der Waals surface area (Å²) in [5, 5.41) is 9.16. The molecule has 0 aromatic carbocycles. The third-order valence-electron chi connectivity index (χ3n) is 3.44. The van der Waals surface area contributed by atoms with Gasteiger partial charge in [-0.15, -0.1) is 0 Å². The molecule has 24 heavy (non-hydrogen) atoms. The fraction of sp³-hybridized carbons (Fsp3) is 0.312. The van der Waals surface area contributed by atoms with Crippen LogP contribution in [0.1, 0.15) is 26.2 Å². The van der Waals surface area contributed by atoms with E-state index in [9.17, 15) is 4.79 Å². The van der Waals surface area contributed by atoms with Gasteiger partial charge in [-0.3, -0.25) is 10.3 Å². The van der Waals surface area contributed by atoms with Crippen LogP contribution in [0, 0.1) is 0 Å². The highest BCUT2D eigenvalue weighted by atomic mass is 16.5. The number of urea groups is 1. The molecular weight excluding hydrogens is 308 g/mol. The van der Waals surface area contributed by atoms with Crippen molar-refractivity contribution in [3.05, 3.63) is 30.8 Å². The van der Waals surface area contributed by atoms with E-state index >= 15 is 0 Å². The van der Waals surface area contributed by atoms with Crippen molar-refractivity contribution in [3.63, 3.8) is 0 Å².